The van der Waals surface area contributed by atoms with Gasteiger partial charge in [0.1, 0.15) is 17.7 Å². The number of hydrogen-bond donors (Lipinski definition) is 5. The molecule has 59 heavy (non-hydrogen) atoms. The summed E-state index contributed by atoms with van der Waals surface area (Å²) in [6.45, 7) is 0.145. The van der Waals surface area contributed by atoms with Crippen LogP contribution in [0.4, 0.5) is 0 Å². The second-order valence-electron chi connectivity index (χ2n) is 14.0. The van der Waals surface area contributed by atoms with Crippen LogP contribution in [0.5, 0.6) is 11.5 Å². The molecule has 2 unspecified atom stereocenters. The van der Waals surface area contributed by atoms with E-state index in [4.69, 9.17) is 4.74 Å². The quantitative estimate of drug-likeness (QED) is 0.116. The monoisotopic (exact) mass is 806 g/mol. The summed E-state index contributed by atoms with van der Waals surface area (Å²) < 4.78 is 8.72. The number of fused-ring (bicyclic) bond motifs is 2. The first-order chi connectivity index (χ1) is 28.4. The third kappa shape index (κ3) is 9.08. The highest BCUT2D eigenvalue weighted by atomic mass is 16.5. The summed E-state index contributed by atoms with van der Waals surface area (Å²) in [5, 5.41) is 47.8. The Kier molecular flexibility index (Phi) is 13.0. The SMILES string of the molecule is O=C(O)c1cn2c(c(O)c1=O)C(=O)N(CCO)CC2Cc1ccccc1.O=C(O)c1cn2c(c(OCc3ccccc3)c1=O)C(=O)N(CCO)CC2Cc1ccccc1. The van der Waals surface area contributed by atoms with Gasteiger partial charge in [0.05, 0.1) is 25.3 Å². The fourth-order valence-electron chi connectivity index (χ4n) is 7.27. The summed E-state index contributed by atoms with van der Waals surface area (Å²) in [5.74, 6) is -5.12. The lowest BCUT2D eigenvalue weighted by atomic mass is 10.0. The lowest BCUT2D eigenvalue weighted by Crippen LogP contribution is -2.46. The van der Waals surface area contributed by atoms with Crippen molar-refractivity contribution in [2.45, 2.75) is 31.5 Å². The van der Waals surface area contributed by atoms with Crippen molar-refractivity contribution >= 4 is 23.8 Å². The van der Waals surface area contributed by atoms with Crippen molar-refractivity contribution in [1.82, 2.24) is 18.9 Å². The number of hydrogen-bond acceptors (Lipinski definition) is 10. The molecule has 0 saturated heterocycles. The van der Waals surface area contributed by atoms with Crippen LogP contribution in [-0.4, -0.2) is 108 Å². The molecule has 2 aromatic heterocycles. The van der Waals surface area contributed by atoms with Crippen molar-refractivity contribution in [1.29, 1.82) is 0 Å². The Morgan fingerprint density at radius 3 is 1.44 bits per heavy atom. The van der Waals surface area contributed by atoms with Gasteiger partial charge in [0, 0.05) is 38.6 Å². The number of benzene rings is 3. The molecular weight excluding hydrogens is 764 g/mol. The molecule has 0 spiro atoms. The average Bonchev–Trinajstić information content (AvgIpc) is 3.23. The number of ether oxygens (including phenoxy) is 1. The lowest BCUT2D eigenvalue weighted by Gasteiger charge is -2.36. The number of carboxylic acid groups (broad SMARTS) is 2. The molecule has 2 amide bonds. The van der Waals surface area contributed by atoms with E-state index >= 15 is 0 Å². The predicted octanol–water partition coefficient (Wildman–Crippen LogP) is 2.84. The van der Waals surface area contributed by atoms with Gasteiger partial charge in [-0.05, 0) is 29.5 Å². The summed E-state index contributed by atoms with van der Waals surface area (Å²) in [4.78, 5) is 77.0. The zero-order valence-electron chi connectivity index (χ0n) is 31.7. The van der Waals surface area contributed by atoms with Crippen LogP contribution in [0.1, 0.15) is 70.5 Å². The highest BCUT2D eigenvalue weighted by Gasteiger charge is 2.37. The number of rotatable bonds is 13. The van der Waals surface area contributed by atoms with Crippen LogP contribution in [0.25, 0.3) is 0 Å². The molecular formula is C43H42N4O12. The highest BCUT2D eigenvalue weighted by molar-refractivity contribution is 5.98. The fraction of sp³-hybridized carbons (Fsp3) is 0.256. The van der Waals surface area contributed by atoms with E-state index in [1.807, 2.05) is 91.0 Å². The number of aliphatic hydroxyl groups is 2. The van der Waals surface area contributed by atoms with Crippen molar-refractivity contribution in [3.8, 4) is 11.5 Å². The number of aromatic nitrogens is 2. The van der Waals surface area contributed by atoms with Crippen LogP contribution in [0.3, 0.4) is 0 Å². The topological polar surface area (TPSA) is 229 Å². The number of amides is 2. The Morgan fingerprint density at radius 1 is 0.593 bits per heavy atom. The maximum absolute atomic E-state index is 13.3. The summed E-state index contributed by atoms with van der Waals surface area (Å²) in [6, 6.07) is 27.3. The van der Waals surface area contributed by atoms with Crippen LogP contribution < -0.4 is 15.6 Å². The first-order valence-corrected chi connectivity index (χ1v) is 18.7. The average molecular weight is 807 g/mol. The minimum Gasteiger partial charge on any atom is -0.503 e. The number of aliphatic hydroxyl groups excluding tert-OH is 2. The van der Waals surface area contributed by atoms with Crippen molar-refractivity contribution in [2.75, 3.05) is 39.4 Å². The molecule has 2 atom stereocenters. The van der Waals surface area contributed by atoms with Crippen LogP contribution in [0, 0.1) is 0 Å². The van der Waals surface area contributed by atoms with Crippen molar-refractivity contribution in [3.63, 3.8) is 0 Å². The number of carbonyl (C=O) groups excluding carboxylic acids is 2. The van der Waals surface area contributed by atoms with E-state index in [1.165, 1.54) is 20.6 Å². The Balaban J connectivity index is 0.000000204. The van der Waals surface area contributed by atoms with Gasteiger partial charge in [-0.1, -0.05) is 91.0 Å². The van der Waals surface area contributed by atoms with E-state index in [2.05, 4.69) is 0 Å². The number of aromatic hydroxyl groups is 1. The minimum absolute atomic E-state index is 0.00145. The molecule has 2 aliphatic heterocycles. The van der Waals surface area contributed by atoms with E-state index in [9.17, 15) is 54.3 Å². The number of nitrogens with zero attached hydrogens (tertiary/aromatic N) is 4. The maximum Gasteiger partial charge on any atom is 0.341 e. The zero-order valence-corrected chi connectivity index (χ0v) is 31.7. The third-order valence-electron chi connectivity index (χ3n) is 10.1. The third-order valence-corrected chi connectivity index (χ3v) is 10.1. The van der Waals surface area contributed by atoms with E-state index in [0.29, 0.717) is 12.8 Å². The second-order valence-corrected chi connectivity index (χ2v) is 14.0. The summed E-state index contributed by atoms with van der Waals surface area (Å²) in [7, 11) is 0. The van der Waals surface area contributed by atoms with Gasteiger partial charge < -0.3 is 49.2 Å². The van der Waals surface area contributed by atoms with Crippen molar-refractivity contribution < 1.29 is 49.4 Å². The zero-order chi connectivity index (χ0) is 42.2. The molecule has 3 aromatic carbocycles. The standard InChI is InChI=1S/C25H24N2O6.C18H18N2O6/c28-12-11-26-14-19(13-17-7-3-1-4-8-17)27-15-20(25(31)32)22(29)23(21(27)24(26)30)33-16-18-9-5-2-6-10-18;21-7-6-19-9-12(8-11-4-2-1-3-5-11)20-10-13(18(25)26)15(22)16(23)14(20)17(19)24/h1-10,15,19,28H,11-14,16H2,(H,31,32);1-5,10,12,21,23H,6-9H2,(H,25,26). The number of carbonyl (C=O) groups is 4. The van der Waals surface area contributed by atoms with Gasteiger partial charge >= 0.3 is 11.9 Å². The Morgan fingerprint density at radius 2 is 1.00 bits per heavy atom. The molecule has 4 heterocycles. The highest BCUT2D eigenvalue weighted by Crippen LogP contribution is 2.31. The van der Waals surface area contributed by atoms with Crippen molar-refractivity contribution in [3.05, 3.63) is 163 Å². The molecule has 16 nitrogen and oxygen atoms in total. The van der Waals surface area contributed by atoms with Crippen LogP contribution in [0.2, 0.25) is 0 Å². The molecule has 16 heteroatoms. The summed E-state index contributed by atoms with van der Waals surface area (Å²) >= 11 is 0. The number of pyridine rings is 2. The lowest BCUT2D eigenvalue weighted by molar-refractivity contribution is 0.0608. The Hall–Kier alpha value is -7.04. The van der Waals surface area contributed by atoms with Gasteiger partial charge in [0.15, 0.2) is 22.9 Å². The molecule has 7 rings (SSSR count). The molecule has 0 bridgehead atoms. The van der Waals surface area contributed by atoms with Gasteiger partial charge in [-0.2, -0.15) is 0 Å². The van der Waals surface area contributed by atoms with E-state index < -0.39 is 51.5 Å². The second kappa shape index (κ2) is 18.5. The predicted molar refractivity (Wildman–Crippen MR) is 212 cm³/mol. The normalized spacial score (nSPS) is 15.8. The number of carboxylic acids is 2. The van der Waals surface area contributed by atoms with Gasteiger partial charge in [0.2, 0.25) is 10.9 Å². The molecule has 0 fully saturated rings. The van der Waals surface area contributed by atoms with Crippen molar-refractivity contribution in [2.24, 2.45) is 0 Å². The van der Waals surface area contributed by atoms with E-state index in [1.54, 1.807) is 4.57 Å². The van der Waals surface area contributed by atoms with Crippen LogP contribution >= 0.6 is 0 Å². The van der Waals surface area contributed by atoms with E-state index in [0.717, 1.165) is 22.9 Å². The van der Waals surface area contributed by atoms with Crippen LogP contribution in [-0.2, 0) is 19.4 Å². The molecule has 306 valence electrons. The molecule has 5 aromatic rings. The molecule has 0 saturated carbocycles. The molecule has 0 aliphatic carbocycles. The molecule has 2 aliphatic rings. The van der Waals surface area contributed by atoms with Gasteiger partial charge in [-0.25, -0.2) is 9.59 Å². The Bertz CT molecular complexity index is 2450. The maximum atomic E-state index is 13.3. The minimum atomic E-state index is -1.47. The number of β-amino-alcohol motifs (C(OH)–C–C–N with tert-alkyl or cyclic N) is 2. The number of aromatic carboxylic acids is 2. The first kappa shape index (κ1) is 41.6. The first-order valence-electron chi connectivity index (χ1n) is 18.7. The largest absolute Gasteiger partial charge is 0.503 e. The van der Waals surface area contributed by atoms with Gasteiger partial charge in [0.25, 0.3) is 11.8 Å². The summed E-state index contributed by atoms with van der Waals surface area (Å²) in [5.41, 5.74) is -0.513. The fourth-order valence-corrected chi connectivity index (χ4v) is 7.27. The molecule has 0 radical (unpaired) electrons. The Labute approximate surface area is 337 Å². The van der Waals surface area contributed by atoms with Gasteiger partial charge in [-0.15, -0.1) is 0 Å². The van der Waals surface area contributed by atoms with Gasteiger partial charge in [-0.3, -0.25) is 19.2 Å². The van der Waals surface area contributed by atoms with Crippen LogP contribution in [0.15, 0.2) is 113 Å². The summed E-state index contributed by atoms with van der Waals surface area (Å²) in [6.07, 6.45) is 3.31. The molecule has 5 N–H and O–H groups in total. The smallest absolute Gasteiger partial charge is 0.341 e. The van der Waals surface area contributed by atoms with E-state index in [-0.39, 0.29) is 75.2 Å².